The van der Waals surface area contributed by atoms with E-state index in [0.717, 1.165) is 10.0 Å². The van der Waals surface area contributed by atoms with Crippen molar-refractivity contribution in [3.63, 3.8) is 0 Å². The fourth-order valence-corrected chi connectivity index (χ4v) is 1.99. The summed E-state index contributed by atoms with van der Waals surface area (Å²) in [5, 5.41) is 9.57. The van der Waals surface area contributed by atoms with E-state index in [1.165, 1.54) is 6.07 Å². The molecule has 3 heteroatoms. The topological polar surface area (TPSA) is 20.2 Å². The molecule has 0 saturated heterocycles. The molecule has 0 amide bonds. The van der Waals surface area contributed by atoms with Crippen LogP contribution in [0.5, 0.6) is 0 Å². The fraction of sp³-hybridized carbons (Fsp3) is 0.333. The Balaban J connectivity index is 2.85. The van der Waals surface area contributed by atoms with Gasteiger partial charge in [-0.25, -0.2) is 4.39 Å². The summed E-state index contributed by atoms with van der Waals surface area (Å²) >= 11 is 3.36. The van der Waals surface area contributed by atoms with E-state index < -0.39 is 6.10 Å². The van der Waals surface area contributed by atoms with Crippen LogP contribution >= 0.6 is 15.9 Å². The molecule has 1 atom stereocenters. The molecule has 1 N–H and O–H groups in total. The molecule has 0 aliphatic heterocycles. The third kappa shape index (κ3) is 3.43. The fourth-order valence-electron chi connectivity index (χ4n) is 1.37. The Bertz CT molecular complexity index is 363. The summed E-state index contributed by atoms with van der Waals surface area (Å²) in [7, 11) is 0. The molecule has 82 valence electrons. The van der Waals surface area contributed by atoms with Gasteiger partial charge in [0.2, 0.25) is 0 Å². The number of hydrogen-bond donors (Lipinski definition) is 1. The van der Waals surface area contributed by atoms with Gasteiger partial charge in [0.15, 0.2) is 0 Å². The molecule has 0 aromatic heterocycles. The van der Waals surface area contributed by atoms with Crippen molar-refractivity contribution in [3.05, 3.63) is 46.2 Å². The molecule has 1 nitrogen and oxygen atoms in total. The van der Waals surface area contributed by atoms with Crippen molar-refractivity contribution in [2.45, 2.75) is 25.9 Å². The van der Waals surface area contributed by atoms with Gasteiger partial charge in [-0.15, -0.1) is 6.58 Å². The SMILES string of the molecule is C=CCC(O)Cc1cc(F)c(C)cc1Br. The lowest BCUT2D eigenvalue weighted by Crippen LogP contribution is -2.09. The van der Waals surface area contributed by atoms with Crippen molar-refractivity contribution < 1.29 is 9.50 Å². The lowest BCUT2D eigenvalue weighted by molar-refractivity contribution is 0.178. The molecule has 0 spiro atoms. The summed E-state index contributed by atoms with van der Waals surface area (Å²) in [6.45, 7) is 5.26. The Morgan fingerprint density at radius 1 is 1.60 bits per heavy atom. The van der Waals surface area contributed by atoms with Crippen LogP contribution in [0.3, 0.4) is 0 Å². The molecular formula is C12H14BrFO. The minimum atomic E-state index is -0.499. The molecule has 15 heavy (non-hydrogen) atoms. The first-order chi connectivity index (χ1) is 7.04. The zero-order chi connectivity index (χ0) is 11.4. The van der Waals surface area contributed by atoms with E-state index in [-0.39, 0.29) is 5.82 Å². The summed E-state index contributed by atoms with van der Waals surface area (Å²) in [6.07, 6.45) is 2.11. The molecule has 0 radical (unpaired) electrons. The van der Waals surface area contributed by atoms with Crippen molar-refractivity contribution in [2.24, 2.45) is 0 Å². The summed E-state index contributed by atoms with van der Waals surface area (Å²) in [6, 6.07) is 3.19. The van der Waals surface area contributed by atoms with Gasteiger partial charge in [0.05, 0.1) is 6.10 Å². The summed E-state index contributed by atoms with van der Waals surface area (Å²) in [4.78, 5) is 0. The maximum atomic E-state index is 13.3. The van der Waals surface area contributed by atoms with Crippen LogP contribution in [0.15, 0.2) is 29.3 Å². The van der Waals surface area contributed by atoms with Crippen molar-refractivity contribution in [2.75, 3.05) is 0 Å². The Hall–Kier alpha value is -0.670. The maximum Gasteiger partial charge on any atom is 0.126 e. The summed E-state index contributed by atoms with van der Waals surface area (Å²) in [5.41, 5.74) is 1.39. The number of aliphatic hydroxyl groups excluding tert-OH is 1. The van der Waals surface area contributed by atoms with Crippen molar-refractivity contribution in [3.8, 4) is 0 Å². The molecule has 1 rings (SSSR count). The predicted molar refractivity (Wildman–Crippen MR) is 63.4 cm³/mol. The normalized spacial score (nSPS) is 12.5. The second-order valence-electron chi connectivity index (χ2n) is 3.58. The summed E-state index contributed by atoms with van der Waals surface area (Å²) < 4.78 is 14.1. The van der Waals surface area contributed by atoms with Crippen LogP contribution in [-0.2, 0) is 6.42 Å². The molecule has 0 aliphatic rings. The highest BCUT2D eigenvalue weighted by molar-refractivity contribution is 9.10. The van der Waals surface area contributed by atoms with E-state index in [1.54, 1.807) is 19.1 Å². The van der Waals surface area contributed by atoms with E-state index in [0.29, 0.717) is 18.4 Å². The van der Waals surface area contributed by atoms with E-state index in [2.05, 4.69) is 22.5 Å². The number of rotatable bonds is 4. The van der Waals surface area contributed by atoms with Gasteiger partial charge in [0.25, 0.3) is 0 Å². The van der Waals surface area contributed by atoms with E-state index in [1.807, 2.05) is 0 Å². The van der Waals surface area contributed by atoms with Crippen LogP contribution in [0.25, 0.3) is 0 Å². The van der Waals surface area contributed by atoms with Crippen LogP contribution in [0.1, 0.15) is 17.5 Å². The smallest absolute Gasteiger partial charge is 0.126 e. The third-order valence-electron chi connectivity index (χ3n) is 2.22. The molecule has 1 aromatic rings. The lowest BCUT2D eigenvalue weighted by Gasteiger charge is -2.10. The van der Waals surface area contributed by atoms with E-state index in [4.69, 9.17) is 0 Å². The Kier molecular flexibility index (Phi) is 4.48. The van der Waals surface area contributed by atoms with Gasteiger partial charge < -0.3 is 5.11 Å². The average Bonchev–Trinajstić information content (AvgIpc) is 2.14. The van der Waals surface area contributed by atoms with Crippen LogP contribution in [0.2, 0.25) is 0 Å². The minimum Gasteiger partial charge on any atom is -0.392 e. The van der Waals surface area contributed by atoms with Crippen LogP contribution in [0.4, 0.5) is 4.39 Å². The van der Waals surface area contributed by atoms with Crippen LogP contribution in [-0.4, -0.2) is 11.2 Å². The van der Waals surface area contributed by atoms with E-state index in [9.17, 15) is 9.50 Å². The van der Waals surface area contributed by atoms with Gasteiger partial charge in [-0.2, -0.15) is 0 Å². The standard InChI is InChI=1S/C12H14BrFO/c1-3-4-10(15)6-9-7-12(14)8(2)5-11(9)13/h3,5,7,10,15H,1,4,6H2,2H3. The second kappa shape index (κ2) is 5.42. The number of hydrogen-bond acceptors (Lipinski definition) is 1. The Labute approximate surface area is 97.8 Å². The number of aryl methyl sites for hydroxylation is 1. The Morgan fingerprint density at radius 3 is 2.87 bits per heavy atom. The first-order valence-electron chi connectivity index (χ1n) is 4.78. The van der Waals surface area contributed by atoms with Crippen LogP contribution in [0, 0.1) is 12.7 Å². The summed E-state index contributed by atoms with van der Waals surface area (Å²) in [5.74, 6) is -0.237. The number of halogens is 2. The average molecular weight is 273 g/mol. The predicted octanol–water partition coefficient (Wildman–Crippen LogP) is 3.38. The van der Waals surface area contributed by atoms with Gasteiger partial charge in [0.1, 0.15) is 5.82 Å². The quantitative estimate of drug-likeness (QED) is 0.834. The highest BCUT2D eigenvalue weighted by Crippen LogP contribution is 2.22. The zero-order valence-corrected chi connectivity index (χ0v) is 10.2. The van der Waals surface area contributed by atoms with E-state index >= 15 is 0 Å². The van der Waals surface area contributed by atoms with Gasteiger partial charge in [-0.1, -0.05) is 22.0 Å². The Morgan fingerprint density at radius 2 is 2.27 bits per heavy atom. The van der Waals surface area contributed by atoms with Gasteiger partial charge in [0, 0.05) is 4.47 Å². The minimum absolute atomic E-state index is 0.237. The monoisotopic (exact) mass is 272 g/mol. The molecule has 0 aliphatic carbocycles. The highest BCUT2D eigenvalue weighted by Gasteiger charge is 2.09. The third-order valence-corrected chi connectivity index (χ3v) is 2.96. The zero-order valence-electron chi connectivity index (χ0n) is 8.63. The lowest BCUT2D eigenvalue weighted by atomic mass is 10.0. The number of aliphatic hydroxyl groups is 1. The van der Waals surface area contributed by atoms with Gasteiger partial charge >= 0.3 is 0 Å². The highest BCUT2D eigenvalue weighted by atomic mass is 79.9. The molecule has 1 unspecified atom stereocenters. The van der Waals surface area contributed by atoms with Gasteiger partial charge in [-0.3, -0.25) is 0 Å². The maximum absolute atomic E-state index is 13.3. The second-order valence-corrected chi connectivity index (χ2v) is 4.43. The first kappa shape index (κ1) is 12.4. The molecule has 0 fully saturated rings. The van der Waals surface area contributed by atoms with Gasteiger partial charge in [-0.05, 0) is 43.0 Å². The largest absolute Gasteiger partial charge is 0.392 e. The number of benzene rings is 1. The van der Waals surface area contributed by atoms with Crippen molar-refractivity contribution in [1.82, 2.24) is 0 Å². The first-order valence-corrected chi connectivity index (χ1v) is 5.57. The van der Waals surface area contributed by atoms with Crippen LogP contribution < -0.4 is 0 Å². The molecule has 1 aromatic carbocycles. The molecule has 0 bridgehead atoms. The molecule has 0 saturated carbocycles. The van der Waals surface area contributed by atoms with Crippen molar-refractivity contribution in [1.29, 1.82) is 0 Å². The molecule has 0 heterocycles. The van der Waals surface area contributed by atoms with Crippen molar-refractivity contribution >= 4 is 15.9 Å². The molecular weight excluding hydrogens is 259 g/mol.